The molecule has 5 nitrogen and oxygen atoms in total. The number of aromatic hydroxyl groups is 1. The Labute approximate surface area is 102 Å². The third kappa shape index (κ3) is 2.42. The molecule has 0 atom stereocenters. The molecule has 88 valence electrons. The van der Waals surface area contributed by atoms with Crippen molar-refractivity contribution in [1.82, 2.24) is 9.59 Å². The molecule has 2 N–H and O–H groups in total. The van der Waals surface area contributed by atoms with E-state index in [2.05, 4.69) is 14.9 Å². The van der Waals surface area contributed by atoms with E-state index in [-0.39, 0.29) is 11.7 Å². The number of amides is 1. The third-order valence-corrected chi connectivity index (χ3v) is 2.89. The maximum atomic E-state index is 11.8. The number of phenolic OH excluding ortho intramolecular Hbond substituents is 1. The van der Waals surface area contributed by atoms with Crippen LogP contribution in [0.4, 0.5) is 5.69 Å². The van der Waals surface area contributed by atoms with E-state index < -0.39 is 0 Å². The van der Waals surface area contributed by atoms with Gasteiger partial charge in [-0.05, 0) is 48.6 Å². The van der Waals surface area contributed by atoms with Gasteiger partial charge in [-0.2, -0.15) is 0 Å². The van der Waals surface area contributed by atoms with Crippen molar-refractivity contribution in [2.24, 2.45) is 0 Å². The Bertz CT molecular complexity index is 552. The van der Waals surface area contributed by atoms with Crippen LogP contribution >= 0.6 is 11.5 Å². The van der Waals surface area contributed by atoms with Crippen molar-refractivity contribution in [3.63, 3.8) is 0 Å². The summed E-state index contributed by atoms with van der Waals surface area (Å²) in [6.45, 7) is 3.59. The largest absolute Gasteiger partial charge is 0.508 e. The Kier molecular flexibility index (Phi) is 3.06. The lowest BCUT2D eigenvalue weighted by molar-refractivity contribution is 0.102. The third-order valence-electron chi connectivity index (χ3n) is 2.38. The van der Waals surface area contributed by atoms with Gasteiger partial charge in [0.2, 0.25) is 0 Å². The average Bonchev–Trinajstić information content (AvgIpc) is 2.79. The van der Waals surface area contributed by atoms with Crippen LogP contribution in [0.1, 0.15) is 21.6 Å². The number of hydrogen-bond acceptors (Lipinski definition) is 5. The van der Waals surface area contributed by atoms with E-state index in [0.717, 1.165) is 17.1 Å². The lowest BCUT2D eigenvalue weighted by Gasteiger charge is -2.09. The highest BCUT2D eigenvalue weighted by Crippen LogP contribution is 2.25. The molecule has 0 saturated carbocycles. The number of nitrogens with one attached hydrogen (secondary N) is 1. The SMILES string of the molecule is Cc1cc(NC(=O)c2csnn2)c(C)cc1O. The molecule has 0 radical (unpaired) electrons. The van der Waals surface area contributed by atoms with Gasteiger partial charge in [-0.1, -0.05) is 4.49 Å². The van der Waals surface area contributed by atoms with Crippen LogP contribution in [0.15, 0.2) is 17.5 Å². The summed E-state index contributed by atoms with van der Waals surface area (Å²) in [5, 5.41) is 17.5. The number of carbonyl (C=O) groups is 1. The summed E-state index contributed by atoms with van der Waals surface area (Å²) in [5.41, 5.74) is 2.46. The molecular formula is C11H11N3O2S. The molecule has 2 aromatic rings. The number of phenols is 1. The minimum Gasteiger partial charge on any atom is -0.508 e. The Morgan fingerprint density at radius 3 is 2.76 bits per heavy atom. The van der Waals surface area contributed by atoms with Crippen LogP contribution in [0.2, 0.25) is 0 Å². The summed E-state index contributed by atoms with van der Waals surface area (Å²) in [4.78, 5) is 11.8. The van der Waals surface area contributed by atoms with Gasteiger partial charge in [-0.3, -0.25) is 4.79 Å². The Morgan fingerprint density at radius 1 is 1.35 bits per heavy atom. The van der Waals surface area contributed by atoms with Crippen molar-refractivity contribution in [3.8, 4) is 5.75 Å². The minimum absolute atomic E-state index is 0.218. The van der Waals surface area contributed by atoms with Crippen molar-refractivity contribution >= 4 is 23.1 Å². The fourth-order valence-electron chi connectivity index (χ4n) is 1.39. The molecule has 0 saturated heterocycles. The fourth-order valence-corrected chi connectivity index (χ4v) is 1.82. The van der Waals surface area contributed by atoms with E-state index >= 15 is 0 Å². The molecule has 6 heteroatoms. The summed E-state index contributed by atoms with van der Waals surface area (Å²) in [5.74, 6) is -0.0808. The van der Waals surface area contributed by atoms with Gasteiger partial charge in [0, 0.05) is 11.1 Å². The highest BCUT2D eigenvalue weighted by molar-refractivity contribution is 7.03. The molecule has 1 aromatic carbocycles. The van der Waals surface area contributed by atoms with E-state index in [1.807, 2.05) is 6.92 Å². The van der Waals surface area contributed by atoms with Crippen molar-refractivity contribution in [2.75, 3.05) is 5.32 Å². The van der Waals surface area contributed by atoms with Gasteiger partial charge in [0.05, 0.1) is 0 Å². The lowest BCUT2D eigenvalue weighted by atomic mass is 10.1. The molecule has 1 aromatic heterocycles. The number of aromatic nitrogens is 2. The molecule has 1 heterocycles. The second kappa shape index (κ2) is 4.50. The van der Waals surface area contributed by atoms with Gasteiger partial charge in [-0.25, -0.2) is 0 Å². The Hall–Kier alpha value is -1.95. The van der Waals surface area contributed by atoms with E-state index in [1.165, 1.54) is 0 Å². The zero-order valence-corrected chi connectivity index (χ0v) is 10.2. The van der Waals surface area contributed by atoms with Crippen LogP contribution in [-0.4, -0.2) is 20.6 Å². The molecule has 1 amide bonds. The van der Waals surface area contributed by atoms with Crippen LogP contribution in [0.5, 0.6) is 5.75 Å². The van der Waals surface area contributed by atoms with Crippen molar-refractivity contribution in [2.45, 2.75) is 13.8 Å². The van der Waals surface area contributed by atoms with Crippen LogP contribution in [-0.2, 0) is 0 Å². The fraction of sp³-hybridized carbons (Fsp3) is 0.182. The zero-order valence-electron chi connectivity index (χ0n) is 9.39. The first kappa shape index (κ1) is 11.5. The van der Waals surface area contributed by atoms with Crippen molar-refractivity contribution in [1.29, 1.82) is 0 Å². The maximum absolute atomic E-state index is 11.8. The van der Waals surface area contributed by atoms with Crippen LogP contribution < -0.4 is 5.32 Å². The first-order valence-corrected chi connectivity index (χ1v) is 5.80. The average molecular weight is 249 g/mol. The monoisotopic (exact) mass is 249 g/mol. The van der Waals surface area contributed by atoms with Gasteiger partial charge in [0.15, 0.2) is 5.69 Å². The Morgan fingerprint density at radius 2 is 2.12 bits per heavy atom. The smallest absolute Gasteiger partial charge is 0.277 e. The number of hydrogen-bond donors (Lipinski definition) is 2. The predicted molar refractivity (Wildman–Crippen MR) is 65.4 cm³/mol. The summed E-state index contributed by atoms with van der Waals surface area (Å²) < 4.78 is 3.63. The first-order valence-electron chi connectivity index (χ1n) is 4.96. The Balaban J connectivity index is 2.25. The predicted octanol–water partition coefficient (Wildman–Crippen LogP) is 2.11. The molecule has 0 bridgehead atoms. The topological polar surface area (TPSA) is 75.1 Å². The molecule has 0 spiro atoms. The van der Waals surface area contributed by atoms with Gasteiger partial charge < -0.3 is 10.4 Å². The highest BCUT2D eigenvalue weighted by atomic mass is 32.1. The second-order valence-electron chi connectivity index (χ2n) is 3.70. The first-order chi connectivity index (χ1) is 8.08. The van der Waals surface area contributed by atoms with Gasteiger partial charge in [0.1, 0.15) is 5.75 Å². The van der Waals surface area contributed by atoms with Crippen LogP contribution in [0.25, 0.3) is 0 Å². The summed E-state index contributed by atoms with van der Waals surface area (Å²) in [7, 11) is 0. The number of benzene rings is 1. The van der Waals surface area contributed by atoms with E-state index in [1.54, 1.807) is 24.4 Å². The number of aryl methyl sites for hydroxylation is 2. The van der Waals surface area contributed by atoms with Gasteiger partial charge in [-0.15, -0.1) is 5.10 Å². The van der Waals surface area contributed by atoms with E-state index in [9.17, 15) is 9.90 Å². The number of rotatable bonds is 2. The van der Waals surface area contributed by atoms with Crippen molar-refractivity contribution < 1.29 is 9.90 Å². The van der Waals surface area contributed by atoms with Gasteiger partial charge in [0.25, 0.3) is 5.91 Å². The minimum atomic E-state index is -0.299. The molecule has 2 rings (SSSR count). The highest BCUT2D eigenvalue weighted by Gasteiger charge is 2.11. The number of carbonyl (C=O) groups excluding carboxylic acids is 1. The molecular weight excluding hydrogens is 238 g/mol. The van der Waals surface area contributed by atoms with Gasteiger partial charge >= 0.3 is 0 Å². The molecule has 0 fully saturated rings. The quantitative estimate of drug-likeness (QED) is 0.799. The number of anilines is 1. The van der Waals surface area contributed by atoms with Crippen LogP contribution in [0.3, 0.4) is 0 Å². The molecule has 0 aliphatic heterocycles. The second-order valence-corrected chi connectivity index (χ2v) is 4.31. The molecule has 0 aliphatic rings. The maximum Gasteiger partial charge on any atom is 0.277 e. The molecule has 17 heavy (non-hydrogen) atoms. The van der Waals surface area contributed by atoms with Crippen molar-refractivity contribution in [3.05, 3.63) is 34.3 Å². The van der Waals surface area contributed by atoms with E-state index in [0.29, 0.717) is 16.9 Å². The molecule has 0 aliphatic carbocycles. The summed E-state index contributed by atoms with van der Waals surface area (Å²) in [6.07, 6.45) is 0. The zero-order chi connectivity index (χ0) is 12.4. The van der Waals surface area contributed by atoms with E-state index in [4.69, 9.17) is 0 Å². The lowest BCUT2D eigenvalue weighted by Crippen LogP contribution is -2.13. The standard InChI is InChI=1S/C11H11N3O2S/c1-6-4-10(15)7(2)3-8(6)12-11(16)9-5-17-14-13-9/h3-5,15H,1-2H3,(H,12,16). The van der Waals surface area contributed by atoms with Crippen LogP contribution in [0, 0.1) is 13.8 Å². The normalized spacial score (nSPS) is 10.2. The number of nitrogens with zero attached hydrogens (tertiary/aromatic N) is 2. The molecule has 0 unspecified atom stereocenters. The summed E-state index contributed by atoms with van der Waals surface area (Å²) >= 11 is 1.13. The summed E-state index contributed by atoms with van der Waals surface area (Å²) in [6, 6.07) is 3.34.